The van der Waals surface area contributed by atoms with E-state index in [1.165, 1.54) is 0 Å². The first-order chi connectivity index (χ1) is 12.3. The Morgan fingerprint density at radius 3 is 2.50 bits per heavy atom. The minimum Gasteiger partial charge on any atom is -0.491 e. The maximum atomic E-state index is 12.5. The standard InChI is InChI=1S/C17H21F3N4OS/c1-11-5-4-6-12(2)15(11)25-8-7-22-16(21-3)23-9-14-24-13(10-26-14)17(18,19)20/h4-6,10H,7-9H2,1-3H3,(H2,21,22,23). The number of nitrogens with one attached hydrogen (secondary N) is 2. The summed E-state index contributed by atoms with van der Waals surface area (Å²) in [4.78, 5) is 7.60. The second-order valence-electron chi connectivity index (χ2n) is 5.55. The molecule has 0 saturated carbocycles. The molecule has 1 aromatic carbocycles. The molecule has 1 heterocycles. The van der Waals surface area contributed by atoms with E-state index >= 15 is 0 Å². The van der Waals surface area contributed by atoms with E-state index in [2.05, 4.69) is 20.6 Å². The number of nitrogens with zero attached hydrogens (tertiary/aromatic N) is 2. The smallest absolute Gasteiger partial charge is 0.434 e. The number of aromatic nitrogens is 1. The van der Waals surface area contributed by atoms with Gasteiger partial charge in [0.15, 0.2) is 11.7 Å². The Morgan fingerprint density at radius 2 is 1.92 bits per heavy atom. The number of halogens is 3. The minimum atomic E-state index is -4.42. The molecule has 5 nitrogen and oxygen atoms in total. The predicted molar refractivity (Wildman–Crippen MR) is 96.7 cm³/mol. The van der Waals surface area contributed by atoms with Crippen molar-refractivity contribution < 1.29 is 17.9 Å². The molecule has 9 heteroatoms. The lowest BCUT2D eigenvalue weighted by atomic mass is 10.1. The Labute approximate surface area is 154 Å². The van der Waals surface area contributed by atoms with Gasteiger partial charge < -0.3 is 15.4 Å². The number of ether oxygens (including phenoxy) is 1. The van der Waals surface area contributed by atoms with E-state index in [0.717, 1.165) is 33.6 Å². The monoisotopic (exact) mass is 386 g/mol. The average Bonchev–Trinajstić information content (AvgIpc) is 3.05. The summed E-state index contributed by atoms with van der Waals surface area (Å²) in [7, 11) is 1.59. The van der Waals surface area contributed by atoms with Crippen LogP contribution in [0, 0.1) is 13.8 Å². The fraction of sp³-hybridized carbons (Fsp3) is 0.412. The number of hydrogen-bond donors (Lipinski definition) is 2. The quantitative estimate of drug-likeness (QED) is 0.453. The van der Waals surface area contributed by atoms with Gasteiger partial charge in [-0.3, -0.25) is 4.99 Å². The lowest BCUT2D eigenvalue weighted by Crippen LogP contribution is -2.38. The summed E-state index contributed by atoms with van der Waals surface area (Å²) in [6.45, 7) is 5.07. The highest BCUT2D eigenvalue weighted by atomic mass is 32.1. The highest BCUT2D eigenvalue weighted by Crippen LogP contribution is 2.29. The third-order valence-corrected chi connectivity index (χ3v) is 4.37. The Balaban J connectivity index is 1.77. The minimum absolute atomic E-state index is 0.165. The molecule has 2 N–H and O–H groups in total. The number of guanidine groups is 1. The van der Waals surface area contributed by atoms with Crippen LogP contribution in [0.15, 0.2) is 28.6 Å². The molecule has 0 aliphatic carbocycles. The second-order valence-corrected chi connectivity index (χ2v) is 6.49. The third-order valence-electron chi connectivity index (χ3n) is 3.52. The summed E-state index contributed by atoms with van der Waals surface area (Å²) in [5.74, 6) is 1.33. The summed E-state index contributed by atoms with van der Waals surface area (Å²) in [5.41, 5.74) is 1.26. The Bertz CT molecular complexity index is 738. The van der Waals surface area contributed by atoms with E-state index in [4.69, 9.17) is 4.74 Å². The molecule has 2 aromatic rings. The van der Waals surface area contributed by atoms with Crippen molar-refractivity contribution >= 4 is 17.3 Å². The number of rotatable bonds is 6. The van der Waals surface area contributed by atoms with Gasteiger partial charge in [0.05, 0.1) is 13.1 Å². The molecule has 26 heavy (non-hydrogen) atoms. The van der Waals surface area contributed by atoms with Gasteiger partial charge in [-0.25, -0.2) is 4.98 Å². The Kier molecular flexibility index (Phi) is 6.84. The van der Waals surface area contributed by atoms with Crippen LogP contribution in [0.3, 0.4) is 0 Å². The van der Waals surface area contributed by atoms with Crippen LogP contribution >= 0.6 is 11.3 Å². The summed E-state index contributed by atoms with van der Waals surface area (Å²) >= 11 is 0.957. The fourth-order valence-electron chi connectivity index (χ4n) is 2.25. The van der Waals surface area contributed by atoms with Crippen LogP contribution in [0.25, 0.3) is 0 Å². The van der Waals surface area contributed by atoms with Crippen molar-refractivity contribution in [1.29, 1.82) is 0 Å². The lowest BCUT2D eigenvalue weighted by Gasteiger charge is -2.14. The zero-order chi connectivity index (χ0) is 19.2. The van der Waals surface area contributed by atoms with E-state index in [1.807, 2.05) is 32.0 Å². The molecule has 0 fully saturated rings. The van der Waals surface area contributed by atoms with Crippen molar-refractivity contribution in [3.05, 3.63) is 45.4 Å². The topological polar surface area (TPSA) is 58.5 Å². The number of hydrogen-bond acceptors (Lipinski definition) is 4. The average molecular weight is 386 g/mol. The molecule has 2 rings (SSSR count). The van der Waals surface area contributed by atoms with Gasteiger partial charge in [-0.15, -0.1) is 11.3 Å². The molecule has 0 saturated heterocycles. The summed E-state index contributed by atoms with van der Waals surface area (Å²) in [5, 5.41) is 7.34. The maximum Gasteiger partial charge on any atom is 0.434 e. The normalized spacial score (nSPS) is 12.2. The van der Waals surface area contributed by atoms with Crippen LogP contribution < -0.4 is 15.4 Å². The van der Waals surface area contributed by atoms with Gasteiger partial charge in [0.1, 0.15) is 17.4 Å². The molecular formula is C17H21F3N4OS. The number of alkyl halides is 3. The van der Waals surface area contributed by atoms with Crippen molar-refractivity contribution in [2.75, 3.05) is 20.2 Å². The van der Waals surface area contributed by atoms with E-state index in [0.29, 0.717) is 24.1 Å². The first-order valence-corrected chi connectivity index (χ1v) is 8.84. The van der Waals surface area contributed by atoms with Gasteiger partial charge in [-0.2, -0.15) is 13.2 Å². The molecule has 0 bridgehead atoms. The first kappa shape index (κ1) is 20.0. The molecule has 0 radical (unpaired) electrons. The summed E-state index contributed by atoms with van der Waals surface area (Å²) in [6, 6.07) is 5.95. The number of aryl methyl sites for hydroxylation is 2. The van der Waals surface area contributed by atoms with Crippen molar-refractivity contribution in [2.24, 2.45) is 4.99 Å². The molecule has 0 unspecified atom stereocenters. The fourth-order valence-corrected chi connectivity index (χ4v) is 2.99. The zero-order valence-electron chi connectivity index (χ0n) is 14.8. The molecular weight excluding hydrogens is 365 g/mol. The van der Waals surface area contributed by atoms with Gasteiger partial charge in [0.2, 0.25) is 0 Å². The molecule has 142 valence electrons. The summed E-state index contributed by atoms with van der Waals surface area (Å²) < 4.78 is 43.4. The zero-order valence-corrected chi connectivity index (χ0v) is 15.6. The molecule has 1 aromatic heterocycles. The van der Waals surface area contributed by atoms with Gasteiger partial charge >= 0.3 is 6.18 Å². The summed E-state index contributed by atoms with van der Waals surface area (Å²) in [6.07, 6.45) is -4.42. The van der Waals surface area contributed by atoms with Crippen LogP contribution in [-0.2, 0) is 12.7 Å². The van der Waals surface area contributed by atoms with Crippen LogP contribution in [0.2, 0.25) is 0 Å². The number of benzene rings is 1. The van der Waals surface area contributed by atoms with E-state index < -0.39 is 11.9 Å². The van der Waals surface area contributed by atoms with E-state index in [1.54, 1.807) is 7.05 Å². The second kappa shape index (κ2) is 8.88. The molecule has 0 spiro atoms. The highest BCUT2D eigenvalue weighted by molar-refractivity contribution is 7.09. The Hall–Kier alpha value is -2.29. The predicted octanol–water partition coefficient (Wildman–Crippen LogP) is 3.52. The first-order valence-electron chi connectivity index (χ1n) is 7.96. The number of para-hydroxylation sites is 1. The van der Waals surface area contributed by atoms with Crippen LogP contribution in [0.5, 0.6) is 5.75 Å². The van der Waals surface area contributed by atoms with Gasteiger partial charge in [-0.05, 0) is 25.0 Å². The van der Waals surface area contributed by atoms with Crippen LogP contribution in [0.4, 0.5) is 13.2 Å². The van der Waals surface area contributed by atoms with Crippen LogP contribution in [-0.4, -0.2) is 31.1 Å². The molecule has 0 amide bonds. The number of thiazole rings is 1. The molecule has 0 aliphatic rings. The third kappa shape index (κ3) is 5.62. The van der Waals surface area contributed by atoms with Crippen LogP contribution in [0.1, 0.15) is 21.8 Å². The van der Waals surface area contributed by atoms with Crippen molar-refractivity contribution in [1.82, 2.24) is 15.6 Å². The molecule has 0 aliphatic heterocycles. The molecule has 0 atom stereocenters. The lowest BCUT2D eigenvalue weighted by molar-refractivity contribution is -0.140. The Morgan fingerprint density at radius 1 is 1.23 bits per heavy atom. The van der Waals surface area contributed by atoms with Crippen molar-refractivity contribution in [3.8, 4) is 5.75 Å². The largest absolute Gasteiger partial charge is 0.491 e. The van der Waals surface area contributed by atoms with E-state index in [9.17, 15) is 13.2 Å². The van der Waals surface area contributed by atoms with Crippen molar-refractivity contribution in [2.45, 2.75) is 26.6 Å². The van der Waals surface area contributed by atoms with E-state index in [-0.39, 0.29) is 6.54 Å². The van der Waals surface area contributed by atoms with Gasteiger partial charge in [-0.1, -0.05) is 18.2 Å². The SMILES string of the molecule is CN=C(NCCOc1c(C)cccc1C)NCc1nc(C(F)(F)F)cs1. The number of aliphatic imine (C=N–C) groups is 1. The van der Waals surface area contributed by atoms with Gasteiger partial charge in [0.25, 0.3) is 0 Å². The van der Waals surface area contributed by atoms with Gasteiger partial charge in [0, 0.05) is 12.4 Å². The maximum absolute atomic E-state index is 12.5. The highest BCUT2D eigenvalue weighted by Gasteiger charge is 2.33. The van der Waals surface area contributed by atoms with Crippen molar-refractivity contribution in [3.63, 3.8) is 0 Å².